The molecule has 2 heterocycles. The number of benzene rings is 1. The summed E-state index contributed by atoms with van der Waals surface area (Å²) in [5.74, 6) is 0.234. The molecular weight excluding hydrogens is 334 g/mol. The van der Waals surface area contributed by atoms with Gasteiger partial charge in [-0.2, -0.15) is 20.1 Å². The third-order valence-electron chi connectivity index (χ3n) is 3.52. The molecule has 0 saturated heterocycles. The Balaban J connectivity index is 1.80. The molecule has 0 atom stereocenters. The molecule has 0 spiro atoms. The van der Waals surface area contributed by atoms with Gasteiger partial charge in [-0.1, -0.05) is 30.3 Å². The van der Waals surface area contributed by atoms with Crippen LogP contribution < -0.4 is 10.6 Å². The van der Waals surface area contributed by atoms with Crippen molar-refractivity contribution in [2.24, 2.45) is 7.05 Å². The predicted octanol–water partition coefficient (Wildman–Crippen LogP) is 1.28. The third kappa shape index (κ3) is 3.77. The van der Waals surface area contributed by atoms with Gasteiger partial charge < -0.3 is 15.4 Å². The summed E-state index contributed by atoms with van der Waals surface area (Å²) in [7, 11) is 5.32. The Labute approximate surface area is 150 Å². The van der Waals surface area contributed by atoms with Gasteiger partial charge >= 0.3 is 5.97 Å². The monoisotopic (exact) mass is 353 g/mol. The molecule has 0 aliphatic carbocycles. The van der Waals surface area contributed by atoms with Crippen LogP contribution in [-0.2, 0) is 18.4 Å². The number of anilines is 2. The van der Waals surface area contributed by atoms with E-state index in [1.165, 1.54) is 0 Å². The highest BCUT2D eigenvalue weighted by Crippen LogP contribution is 2.22. The molecule has 134 valence electrons. The number of aryl methyl sites for hydroxylation is 1. The minimum atomic E-state index is -0.512. The lowest BCUT2D eigenvalue weighted by Gasteiger charge is -2.11. The van der Waals surface area contributed by atoms with Gasteiger partial charge in [0.1, 0.15) is 11.3 Å². The maximum absolute atomic E-state index is 12.5. The lowest BCUT2D eigenvalue weighted by atomic mass is 10.1. The lowest BCUT2D eigenvalue weighted by molar-refractivity contribution is 0.0463. The smallest absolute Gasteiger partial charge is 0.342 e. The largest absolute Gasteiger partial charge is 0.454 e. The highest BCUT2D eigenvalue weighted by Gasteiger charge is 2.19. The second kappa shape index (κ2) is 7.18. The second-order valence-corrected chi connectivity index (χ2v) is 5.81. The maximum atomic E-state index is 12.5. The first-order valence-corrected chi connectivity index (χ1v) is 7.88. The van der Waals surface area contributed by atoms with Crippen molar-refractivity contribution in [2.45, 2.75) is 6.61 Å². The standard InChI is InChI=1S/C17H19N7O2/c1-23(2)17-20-13(19-16(18)21-17)10-26-15(25)12-9-24(3)22-14(12)11-7-5-4-6-8-11/h4-9H,10H2,1-3H3,(H2,18,19,20,21). The molecule has 26 heavy (non-hydrogen) atoms. The zero-order valence-corrected chi connectivity index (χ0v) is 14.7. The molecule has 0 saturated carbocycles. The van der Waals surface area contributed by atoms with E-state index >= 15 is 0 Å². The maximum Gasteiger partial charge on any atom is 0.342 e. The van der Waals surface area contributed by atoms with Crippen LogP contribution in [0.1, 0.15) is 16.2 Å². The summed E-state index contributed by atoms with van der Waals surface area (Å²) < 4.78 is 6.93. The SMILES string of the molecule is CN(C)c1nc(N)nc(COC(=O)c2cn(C)nc2-c2ccccc2)n1. The summed E-state index contributed by atoms with van der Waals surface area (Å²) in [6, 6.07) is 9.44. The molecule has 2 aromatic heterocycles. The molecule has 0 aliphatic rings. The van der Waals surface area contributed by atoms with Crippen molar-refractivity contribution >= 4 is 17.9 Å². The van der Waals surface area contributed by atoms with Gasteiger partial charge in [0, 0.05) is 32.9 Å². The Hall–Kier alpha value is -3.49. The number of nitrogen functional groups attached to an aromatic ring is 1. The number of hydrogen-bond acceptors (Lipinski definition) is 8. The minimum Gasteiger partial charge on any atom is -0.454 e. The lowest BCUT2D eigenvalue weighted by Crippen LogP contribution is -2.17. The summed E-state index contributed by atoms with van der Waals surface area (Å²) in [6.45, 7) is -0.116. The van der Waals surface area contributed by atoms with Gasteiger partial charge in [0.15, 0.2) is 12.4 Å². The van der Waals surface area contributed by atoms with E-state index < -0.39 is 5.97 Å². The molecule has 0 bridgehead atoms. The molecule has 0 amide bonds. The van der Waals surface area contributed by atoms with E-state index in [0.29, 0.717) is 17.2 Å². The van der Waals surface area contributed by atoms with Crippen molar-refractivity contribution in [3.8, 4) is 11.3 Å². The molecule has 0 aliphatic heterocycles. The molecule has 0 unspecified atom stereocenters. The number of carbonyl (C=O) groups excluding carboxylic acids is 1. The van der Waals surface area contributed by atoms with Crippen molar-refractivity contribution in [2.75, 3.05) is 24.7 Å². The Morgan fingerprint density at radius 1 is 1.19 bits per heavy atom. The van der Waals surface area contributed by atoms with Crippen LogP contribution in [0, 0.1) is 0 Å². The quantitative estimate of drug-likeness (QED) is 0.683. The molecule has 0 radical (unpaired) electrons. The topological polar surface area (TPSA) is 112 Å². The molecule has 3 aromatic rings. The van der Waals surface area contributed by atoms with Crippen LogP contribution >= 0.6 is 0 Å². The number of aromatic nitrogens is 5. The van der Waals surface area contributed by atoms with Gasteiger partial charge in [-0.25, -0.2) is 4.79 Å². The van der Waals surface area contributed by atoms with E-state index in [1.807, 2.05) is 30.3 Å². The molecule has 1 aromatic carbocycles. The van der Waals surface area contributed by atoms with Crippen LogP contribution in [0.25, 0.3) is 11.3 Å². The summed E-state index contributed by atoms with van der Waals surface area (Å²) in [6.07, 6.45) is 1.62. The van der Waals surface area contributed by atoms with Crippen molar-refractivity contribution < 1.29 is 9.53 Å². The molecule has 0 fully saturated rings. The van der Waals surface area contributed by atoms with Gasteiger partial charge in [0.25, 0.3) is 0 Å². The summed E-state index contributed by atoms with van der Waals surface area (Å²) in [5, 5.41) is 4.36. The number of carbonyl (C=O) groups is 1. The number of hydrogen-bond donors (Lipinski definition) is 1. The van der Waals surface area contributed by atoms with Crippen molar-refractivity contribution in [1.29, 1.82) is 0 Å². The molecule has 3 rings (SSSR count). The average Bonchev–Trinajstić information content (AvgIpc) is 3.02. The van der Waals surface area contributed by atoms with E-state index in [0.717, 1.165) is 5.56 Å². The fraction of sp³-hybridized carbons (Fsp3) is 0.235. The molecule has 9 heteroatoms. The first-order valence-electron chi connectivity index (χ1n) is 7.88. The number of esters is 1. The zero-order chi connectivity index (χ0) is 18.7. The predicted molar refractivity (Wildman–Crippen MR) is 96.3 cm³/mol. The average molecular weight is 353 g/mol. The van der Waals surface area contributed by atoms with Crippen LogP contribution in [0.2, 0.25) is 0 Å². The Bertz CT molecular complexity index is 922. The Kier molecular flexibility index (Phi) is 4.78. The van der Waals surface area contributed by atoms with E-state index in [4.69, 9.17) is 10.5 Å². The van der Waals surface area contributed by atoms with E-state index in [2.05, 4.69) is 20.1 Å². The third-order valence-corrected chi connectivity index (χ3v) is 3.52. The molecule has 9 nitrogen and oxygen atoms in total. The van der Waals surface area contributed by atoms with Gasteiger partial charge in [0.2, 0.25) is 11.9 Å². The first-order chi connectivity index (χ1) is 12.4. The van der Waals surface area contributed by atoms with Crippen molar-refractivity contribution in [1.82, 2.24) is 24.7 Å². The van der Waals surface area contributed by atoms with Crippen LogP contribution in [0.3, 0.4) is 0 Å². The van der Waals surface area contributed by atoms with Crippen LogP contribution in [0.4, 0.5) is 11.9 Å². The molecular formula is C17H19N7O2. The van der Waals surface area contributed by atoms with Gasteiger partial charge in [-0.05, 0) is 0 Å². The number of nitrogens with zero attached hydrogens (tertiary/aromatic N) is 6. The zero-order valence-electron chi connectivity index (χ0n) is 14.7. The van der Waals surface area contributed by atoms with Gasteiger partial charge in [0.05, 0.1) is 0 Å². The summed E-state index contributed by atoms with van der Waals surface area (Å²) in [5.41, 5.74) is 7.43. The van der Waals surface area contributed by atoms with Gasteiger partial charge in [-0.3, -0.25) is 4.68 Å². The van der Waals surface area contributed by atoms with Crippen molar-refractivity contribution in [3.05, 3.63) is 47.9 Å². The number of nitrogens with two attached hydrogens (primary N) is 1. The summed E-state index contributed by atoms with van der Waals surface area (Å²) >= 11 is 0. The Morgan fingerprint density at radius 3 is 2.62 bits per heavy atom. The highest BCUT2D eigenvalue weighted by molar-refractivity contribution is 5.95. The van der Waals surface area contributed by atoms with Crippen LogP contribution in [0.15, 0.2) is 36.5 Å². The fourth-order valence-electron chi connectivity index (χ4n) is 2.34. The normalized spacial score (nSPS) is 10.6. The second-order valence-electron chi connectivity index (χ2n) is 5.81. The van der Waals surface area contributed by atoms with E-state index in [9.17, 15) is 4.79 Å². The minimum absolute atomic E-state index is 0.0705. The Morgan fingerprint density at radius 2 is 1.92 bits per heavy atom. The van der Waals surface area contributed by atoms with Gasteiger partial charge in [-0.15, -0.1) is 0 Å². The van der Waals surface area contributed by atoms with E-state index in [1.54, 1.807) is 36.9 Å². The van der Waals surface area contributed by atoms with E-state index in [-0.39, 0.29) is 18.4 Å². The summed E-state index contributed by atoms with van der Waals surface area (Å²) in [4.78, 5) is 26.4. The number of rotatable bonds is 5. The highest BCUT2D eigenvalue weighted by atomic mass is 16.5. The van der Waals surface area contributed by atoms with Crippen LogP contribution in [0.5, 0.6) is 0 Å². The fourth-order valence-corrected chi connectivity index (χ4v) is 2.34. The first kappa shape index (κ1) is 17.3. The number of ether oxygens (including phenoxy) is 1. The molecule has 2 N–H and O–H groups in total. The van der Waals surface area contributed by atoms with Crippen LogP contribution in [-0.4, -0.2) is 44.8 Å². The van der Waals surface area contributed by atoms with Crippen molar-refractivity contribution in [3.63, 3.8) is 0 Å².